The van der Waals surface area contributed by atoms with E-state index < -0.39 is 16.7 Å². The monoisotopic (exact) mass is 457 g/mol. The second-order valence-corrected chi connectivity index (χ2v) is 7.82. The number of nitro benzene ring substituents is 1. The summed E-state index contributed by atoms with van der Waals surface area (Å²) >= 11 is 0. The highest BCUT2D eigenvalue weighted by molar-refractivity contribution is 6.36. The number of carbonyl (C=O) groups excluding carboxylic acids is 2. The van der Waals surface area contributed by atoms with E-state index in [-0.39, 0.29) is 23.5 Å². The van der Waals surface area contributed by atoms with Crippen LogP contribution < -0.4 is 10.1 Å². The van der Waals surface area contributed by atoms with Gasteiger partial charge in [0.1, 0.15) is 11.4 Å². The molecule has 34 heavy (non-hydrogen) atoms. The molecule has 3 aromatic rings. The van der Waals surface area contributed by atoms with Crippen LogP contribution in [0.5, 0.6) is 5.75 Å². The van der Waals surface area contributed by atoms with Gasteiger partial charge >= 0.3 is 0 Å². The fraction of sp³-hybridized carbons (Fsp3) is 0.154. The second-order valence-electron chi connectivity index (χ2n) is 7.82. The largest absolute Gasteiger partial charge is 0.494 e. The molecule has 0 fully saturated rings. The summed E-state index contributed by atoms with van der Waals surface area (Å²) in [5, 5.41) is 14.1. The van der Waals surface area contributed by atoms with Crippen molar-refractivity contribution in [3.63, 3.8) is 0 Å². The first-order valence-corrected chi connectivity index (χ1v) is 10.8. The van der Waals surface area contributed by atoms with Gasteiger partial charge in [-0.15, -0.1) is 0 Å². The van der Waals surface area contributed by atoms with Gasteiger partial charge in [0.25, 0.3) is 17.5 Å². The summed E-state index contributed by atoms with van der Waals surface area (Å²) in [6, 6.07) is 20.3. The van der Waals surface area contributed by atoms with Gasteiger partial charge in [0.2, 0.25) is 0 Å². The number of amides is 2. The van der Waals surface area contributed by atoms with Crippen molar-refractivity contribution in [1.29, 1.82) is 0 Å². The molecule has 8 nitrogen and oxygen atoms in total. The maximum atomic E-state index is 13.4. The fourth-order valence-electron chi connectivity index (χ4n) is 3.70. The zero-order valence-corrected chi connectivity index (χ0v) is 18.8. The third-order valence-electron chi connectivity index (χ3n) is 5.41. The van der Waals surface area contributed by atoms with Crippen LogP contribution in [0, 0.1) is 17.0 Å². The Balaban J connectivity index is 1.73. The summed E-state index contributed by atoms with van der Waals surface area (Å²) in [5.41, 5.74) is 3.06. The lowest BCUT2D eigenvalue weighted by molar-refractivity contribution is -0.384. The van der Waals surface area contributed by atoms with Gasteiger partial charge in [0.15, 0.2) is 0 Å². The molecule has 0 saturated carbocycles. The smallest absolute Gasteiger partial charge is 0.278 e. The standard InChI is InChI=1S/C26H23N3O5/c1-3-34-22-6-4-5-20(15-22)27-24-23(19-11-13-21(14-12-19)29(32)33)25(30)28(26(24)31)16-18-9-7-17(2)8-10-18/h4-15,27H,3,16H2,1-2H3. The molecule has 1 aliphatic rings. The average molecular weight is 457 g/mol. The Morgan fingerprint density at radius 3 is 2.32 bits per heavy atom. The van der Waals surface area contributed by atoms with Gasteiger partial charge in [-0.2, -0.15) is 0 Å². The van der Waals surface area contributed by atoms with Crippen LogP contribution >= 0.6 is 0 Å². The van der Waals surface area contributed by atoms with Crippen LogP contribution in [0.15, 0.2) is 78.5 Å². The van der Waals surface area contributed by atoms with E-state index >= 15 is 0 Å². The van der Waals surface area contributed by atoms with E-state index in [0.717, 1.165) is 11.1 Å². The maximum Gasteiger partial charge on any atom is 0.278 e. The molecule has 2 amide bonds. The lowest BCUT2D eigenvalue weighted by Gasteiger charge is -2.16. The van der Waals surface area contributed by atoms with Crippen molar-refractivity contribution in [2.45, 2.75) is 20.4 Å². The minimum atomic E-state index is -0.512. The predicted molar refractivity (Wildman–Crippen MR) is 128 cm³/mol. The number of imide groups is 1. The van der Waals surface area contributed by atoms with Gasteiger partial charge in [-0.05, 0) is 49.2 Å². The molecule has 0 aliphatic carbocycles. The molecule has 4 rings (SSSR count). The highest BCUT2D eigenvalue weighted by atomic mass is 16.6. The van der Waals surface area contributed by atoms with Crippen molar-refractivity contribution in [1.82, 2.24) is 4.90 Å². The van der Waals surface area contributed by atoms with Crippen LogP contribution in [0.4, 0.5) is 11.4 Å². The number of nitro groups is 1. The molecule has 0 unspecified atom stereocenters. The van der Waals surface area contributed by atoms with Crippen molar-refractivity contribution in [2.75, 3.05) is 11.9 Å². The van der Waals surface area contributed by atoms with Crippen LogP contribution in [0.1, 0.15) is 23.6 Å². The first-order valence-electron chi connectivity index (χ1n) is 10.8. The SMILES string of the molecule is CCOc1cccc(NC2=C(c3ccc([N+](=O)[O-])cc3)C(=O)N(Cc3ccc(C)cc3)C2=O)c1. The molecule has 0 atom stereocenters. The third-order valence-corrected chi connectivity index (χ3v) is 5.41. The maximum absolute atomic E-state index is 13.4. The van der Waals surface area contributed by atoms with Gasteiger partial charge in [-0.25, -0.2) is 0 Å². The Kier molecular flexibility index (Phi) is 6.40. The van der Waals surface area contributed by atoms with E-state index in [2.05, 4.69) is 5.32 Å². The minimum Gasteiger partial charge on any atom is -0.494 e. The number of carbonyl (C=O) groups is 2. The summed E-state index contributed by atoms with van der Waals surface area (Å²) < 4.78 is 5.53. The quantitative estimate of drug-likeness (QED) is 0.299. The number of hydrogen-bond donors (Lipinski definition) is 1. The Bertz CT molecular complexity index is 1280. The number of hydrogen-bond acceptors (Lipinski definition) is 6. The number of nitrogens with zero attached hydrogens (tertiary/aromatic N) is 2. The Morgan fingerprint density at radius 1 is 0.971 bits per heavy atom. The summed E-state index contributed by atoms with van der Waals surface area (Å²) in [7, 11) is 0. The molecule has 0 spiro atoms. The molecule has 1 heterocycles. The number of benzene rings is 3. The van der Waals surface area contributed by atoms with Crippen molar-refractivity contribution in [2.24, 2.45) is 0 Å². The molecular weight excluding hydrogens is 434 g/mol. The first-order chi connectivity index (χ1) is 16.4. The number of aryl methyl sites for hydroxylation is 1. The molecule has 0 bridgehead atoms. The molecule has 172 valence electrons. The van der Waals surface area contributed by atoms with Crippen molar-refractivity contribution >= 4 is 28.8 Å². The highest BCUT2D eigenvalue weighted by Gasteiger charge is 2.39. The highest BCUT2D eigenvalue weighted by Crippen LogP contribution is 2.33. The van der Waals surface area contributed by atoms with Crippen LogP contribution in [0.3, 0.4) is 0 Å². The minimum absolute atomic E-state index is 0.100. The predicted octanol–water partition coefficient (Wildman–Crippen LogP) is 4.69. The summed E-state index contributed by atoms with van der Waals surface area (Å²) in [4.78, 5) is 38.6. The van der Waals surface area contributed by atoms with Crippen LogP contribution in [0.2, 0.25) is 0 Å². The molecule has 1 N–H and O–H groups in total. The van der Waals surface area contributed by atoms with Gasteiger partial charge in [-0.1, -0.05) is 35.9 Å². The second kappa shape index (κ2) is 9.58. The molecule has 0 saturated heterocycles. The third kappa shape index (κ3) is 4.66. The zero-order chi connectivity index (χ0) is 24.2. The molecular formula is C26H23N3O5. The number of nitrogens with one attached hydrogen (secondary N) is 1. The summed E-state index contributed by atoms with van der Waals surface area (Å²) in [6.07, 6.45) is 0. The Hall–Kier alpha value is -4.46. The van der Waals surface area contributed by atoms with Gasteiger partial charge in [0, 0.05) is 23.9 Å². The van der Waals surface area contributed by atoms with Crippen LogP contribution in [-0.2, 0) is 16.1 Å². The Morgan fingerprint density at radius 2 is 1.68 bits per heavy atom. The molecule has 0 radical (unpaired) electrons. The lowest BCUT2D eigenvalue weighted by Crippen LogP contribution is -2.32. The van der Waals surface area contributed by atoms with E-state index in [1.807, 2.05) is 38.1 Å². The van der Waals surface area contributed by atoms with Crippen molar-refractivity contribution in [3.8, 4) is 5.75 Å². The normalized spacial score (nSPS) is 13.4. The first kappa shape index (κ1) is 22.7. The topological polar surface area (TPSA) is 102 Å². The molecule has 8 heteroatoms. The van der Waals surface area contributed by atoms with Gasteiger partial charge in [0.05, 0.1) is 23.6 Å². The van der Waals surface area contributed by atoms with E-state index in [1.54, 1.807) is 24.3 Å². The van der Waals surface area contributed by atoms with Gasteiger partial charge in [-0.3, -0.25) is 24.6 Å². The van der Waals surface area contributed by atoms with Crippen LogP contribution in [0.25, 0.3) is 5.57 Å². The number of anilines is 1. The number of non-ortho nitro benzene ring substituents is 1. The Labute approximate surface area is 196 Å². The average Bonchev–Trinajstić information content (AvgIpc) is 3.05. The number of rotatable bonds is 8. The molecule has 0 aromatic heterocycles. The van der Waals surface area contributed by atoms with Crippen LogP contribution in [-0.4, -0.2) is 28.2 Å². The fourth-order valence-corrected chi connectivity index (χ4v) is 3.70. The molecule has 3 aromatic carbocycles. The molecule has 1 aliphatic heterocycles. The summed E-state index contributed by atoms with van der Waals surface area (Å²) in [5.74, 6) is -0.318. The van der Waals surface area contributed by atoms with Crippen molar-refractivity contribution in [3.05, 3.63) is 105 Å². The van der Waals surface area contributed by atoms with Crippen molar-refractivity contribution < 1.29 is 19.2 Å². The van der Waals surface area contributed by atoms with E-state index in [9.17, 15) is 19.7 Å². The van der Waals surface area contributed by atoms with E-state index in [0.29, 0.717) is 23.6 Å². The van der Waals surface area contributed by atoms with Gasteiger partial charge < -0.3 is 10.1 Å². The lowest BCUT2D eigenvalue weighted by atomic mass is 10.0. The zero-order valence-electron chi connectivity index (χ0n) is 18.8. The summed E-state index contributed by atoms with van der Waals surface area (Å²) in [6.45, 7) is 4.43. The number of ether oxygens (including phenoxy) is 1. The van der Waals surface area contributed by atoms with E-state index in [4.69, 9.17) is 4.74 Å². The van der Waals surface area contributed by atoms with E-state index in [1.165, 1.54) is 29.2 Å².